The van der Waals surface area contributed by atoms with Crippen LogP contribution >= 0.6 is 12.4 Å². The lowest BCUT2D eigenvalue weighted by Gasteiger charge is -2.20. The van der Waals surface area contributed by atoms with Crippen LogP contribution in [0.5, 0.6) is 11.5 Å². The maximum Gasteiger partial charge on any atom is 0.258 e. The molecule has 1 amide bonds. The van der Waals surface area contributed by atoms with Gasteiger partial charge in [0, 0.05) is 24.2 Å². The molecule has 2 N–H and O–H groups in total. The van der Waals surface area contributed by atoms with Gasteiger partial charge in [-0.2, -0.15) is 0 Å². The number of para-hydroxylation sites is 1. The third-order valence-corrected chi connectivity index (χ3v) is 3.65. The van der Waals surface area contributed by atoms with Crippen molar-refractivity contribution in [3.05, 3.63) is 59.7 Å². The Bertz CT molecular complexity index is 712. The van der Waals surface area contributed by atoms with E-state index in [-0.39, 0.29) is 30.5 Å². The zero-order chi connectivity index (χ0) is 19.0. The number of nitrogens with one attached hydrogen (secondary N) is 2. The third kappa shape index (κ3) is 8.33. The van der Waals surface area contributed by atoms with Gasteiger partial charge in [-0.15, -0.1) is 12.4 Å². The predicted octanol–water partition coefficient (Wildman–Crippen LogP) is 3.70. The second-order valence-corrected chi connectivity index (χ2v) is 7.15. The van der Waals surface area contributed by atoms with E-state index < -0.39 is 0 Å². The van der Waals surface area contributed by atoms with E-state index in [2.05, 4.69) is 10.6 Å². The molecular weight excluding hydrogens is 364 g/mol. The number of methoxy groups -OCH3 is 1. The third-order valence-electron chi connectivity index (χ3n) is 3.65. The molecule has 0 aliphatic carbocycles. The van der Waals surface area contributed by atoms with E-state index in [0.717, 1.165) is 23.6 Å². The molecule has 0 radical (unpaired) electrons. The fraction of sp³-hybridized carbons (Fsp3) is 0.381. The second-order valence-electron chi connectivity index (χ2n) is 7.15. The van der Waals surface area contributed by atoms with Crippen molar-refractivity contribution < 1.29 is 14.3 Å². The lowest BCUT2D eigenvalue weighted by atomic mass is 10.1. The molecule has 6 heteroatoms. The molecule has 0 saturated carbocycles. The molecule has 0 bridgehead atoms. The van der Waals surface area contributed by atoms with Crippen molar-refractivity contribution in [2.24, 2.45) is 0 Å². The summed E-state index contributed by atoms with van der Waals surface area (Å²) in [6.07, 6.45) is 0. The predicted molar refractivity (Wildman–Crippen MR) is 111 cm³/mol. The summed E-state index contributed by atoms with van der Waals surface area (Å²) in [5, 5.41) is 6.29. The molecule has 0 atom stereocenters. The van der Waals surface area contributed by atoms with Gasteiger partial charge in [-0.1, -0.05) is 30.3 Å². The minimum Gasteiger partial charge on any atom is -0.497 e. The molecule has 2 rings (SSSR count). The van der Waals surface area contributed by atoms with Crippen molar-refractivity contribution in [3.8, 4) is 11.5 Å². The standard InChI is InChI=1S/C21H28N2O3.ClH/c1-21(2,3)23-20(24)15-26-19-8-6-5-7-17(19)14-22-13-16-9-11-18(25-4)12-10-16;/h5-12,22H,13-15H2,1-4H3,(H,23,24);1H. The Labute approximate surface area is 167 Å². The van der Waals surface area contributed by atoms with E-state index in [0.29, 0.717) is 6.54 Å². The zero-order valence-corrected chi connectivity index (χ0v) is 17.2. The van der Waals surface area contributed by atoms with Gasteiger partial charge in [-0.25, -0.2) is 0 Å². The first-order valence-corrected chi connectivity index (χ1v) is 8.73. The normalized spacial score (nSPS) is 10.7. The van der Waals surface area contributed by atoms with Gasteiger partial charge in [0.25, 0.3) is 5.91 Å². The highest BCUT2D eigenvalue weighted by Gasteiger charge is 2.14. The van der Waals surface area contributed by atoms with Crippen LogP contribution in [-0.4, -0.2) is 25.2 Å². The SMILES string of the molecule is COc1ccc(CNCc2ccccc2OCC(=O)NC(C)(C)C)cc1.Cl. The Morgan fingerprint density at radius 2 is 1.67 bits per heavy atom. The summed E-state index contributed by atoms with van der Waals surface area (Å²) >= 11 is 0. The molecule has 0 spiro atoms. The monoisotopic (exact) mass is 392 g/mol. The van der Waals surface area contributed by atoms with Crippen LogP contribution in [0.15, 0.2) is 48.5 Å². The average molecular weight is 393 g/mol. The van der Waals surface area contributed by atoms with Gasteiger partial charge in [0.15, 0.2) is 6.61 Å². The van der Waals surface area contributed by atoms with Gasteiger partial charge in [-0.05, 0) is 44.5 Å². The van der Waals surface area contributed by atoms with Crippen LogP contribution in [0.3, 0.4) is 0 Å². The van der Waals surface area contributed by atoms with E-state index in [9.17, 15) is 4.79 Å². The highest BCUT2D eigenvalue weighted by atomic mass is 35.5. The Balaban J connectivity index is 0.00000364. The summed E-state index contributed by atoms with van der Waals surface area (Å²) in [6.45, 7) is 7.24. The molecule has 27 heavy (non-hydrogen) atoms. The molecule has 0 aliphatic heterocycles. The maximum atomic E-state index is 11.9. The fourth-order valence-electron chi connectivity index (χ4n) is 2.47. The Morgan fingerprint density at radius 3 is 2.30 bits per heavy atom. The summed E-state index contributed by atoms with van der Waals surface area (Å²) in [5.74, 6) is 1.44. The number of carbonyl (C=O) groups excluding carboxylic acids is 1. The number of ether oxygens (including phenoxy) is 2. The molecular formula is C21H29ClN2O3. The van der Waals surface area contributed by atoms with Crippen molar-refractivity contribution in [3.63, 3.8) is 0 Å². The van der Waals surface area contributed by atoms with E-state index >= 15 is 0 Å². The van der Waals surface area contributed by atoms with Crippen LogP contribution in [0.2, 0.25) is 0 Å². The van der Waals surface area contributed by atoms with Crippen molar-refractivity contribution in [2.75, 3.05) is 13.7 Å². The van der Waals surface area contributed by atoms with Crippen LogP contribution in [0.1, 0.15) is 31.9 Å². The Kier molecular flexibility index (Phi) is 9.12. The van der Waals surface area contributed by atoms with Gasteiger partial charge in [0.2, 0.25) is 0 Å². The van der Waals surface area contributed by atoms with Crippen molar-refractivity contribution >= 4 is 18.3 Å². The summed E-state index contributed by atoms with van der Waals surface area (Å²) < 4.78 is 10.9. The molecule has 0 aliphatic rings. The highest BCUT2D eigenvalue weighted by molar-refractivity contribution is 5.85. The fourth-order valence-corrected chi connectivity index (χ4v) is 2.47. The number of carbonyl (C=O) groups is 1. The number of benzene rings is 2. The Morgan fingerprint density at radius 1 is 1.00 bits per heavy atom. The minimum absolute atomic E-state index is 0. The smallest absolute Gasteiger partial charge is 0.258 e. The largest absolute Gasteiger partial charge is 0.497 e. The van der Waals surface area contributed by atoms with Gasteiger partial charge in [-0.3, -0.25) is 4.79 Å². The first kappa shape index (κ1) is 22.8. The summed E-state index contributed by atoms with van der Waals surface area (Å²) in [6, 6.07) is 15.7. The molecule has 0 saturated heterocycles. The molecule has 0 aromatic heterocycles. The first-order valence-electron chi connectivity index (χ1n) is 8.73. The van der Waals surface area contributed by atoms with Gasteiger partial charge in [0.05, 0.1) is 7.11 Å². The molecule has 0 fully saturated rings. The number of rotatable bonds is 8. The lowest BCUT2D eigenvalue weighted by Crippen LogP contribution is -2.43. The summed E-state index contributed by atoms with van der Waals surface area (Å²) in [4.78, 5) is 11.9. The highest BCUT2D eigenvalue weighted by Crippen LogP contribution is 2.18. The average Bonchev–Trinajstić information content (AvgIpc) is 2.60. The van der Waals surface area contributed by atoms with Crippen molar-refractivity contribution in [1.82, 2.24) is 10.6 Å². The summed E-state index contributed by atoms with van der Waals surface area (Å²) in [7, 11) is 1.66. The van der Waals surface area contributed by atoms with Gasteiger partial charge >= 0.3 is 0 Å². The Hall–Kier alpha value is -2.24. The number of hydrogen-bond donors (Lipinski definition) is 2. The van der Waals surface area contributed by atoms with Gasteiger partial charge < -0.3 is 20.1 Å². The van der Waals surface area contributed by atoms with Crippen LogP contribution in [0, 0.1) is 0 Å². The van der Waals surface area contributed by atoms with Crippen molar-refractivity contribution in [2.45, 2.75) is 39.4 Å². The number of amides is 1. The second kappa shape index (κ2) is 10.8. The van der Waals surface area contributed by atoms with Crippen molar-refractivity contribution in [1.29, 1.82) is 0 Å². The van der Waals surface area contributed by atoms with E-state index in [1.54, 1.807) is 7.11 Å². The molecule has 2 aromatic rings. The van der Waals surface area contributed by atoms with Crippen LogP contribution in [0.4, 0.5) is 0 Å². The quantitative estimate of drug-likeness (QED) is 0.719. The van der Waals surface area contributed by atoms with Crippen LogP contribution < -0.4 is 20.1 Å². The summed E-state index contributed by atoms with van der Waals surface area (Å²) in [5.41, 5.74) is 1.93. The first-order chi connectivity index (χ1) is 12.4. The number of halogens is 1. The molecule has 148 valence electrons. The van der Waals surface area contributed by atoms with Crippen LogP contribution in [0.25, 0.3) is 0 Å². The molecule has 0 heterocycles. The zero-order valence-electron chi connectivity index (χ0n) is 16.4. The molecule has 2 aromatic carbocycles. The minimum atomic E-state index is -0.264. The molecule has 5 nitrogen and oxygen atoms in total. The lowest BCUT2D eigenvalue weighted by molar-refractivity contribution is -0.124. The van der Waals surface area contributed by atoms with E-state index in [4.69, 9.17) is 9.47 Å². The topological polar surface area (TPSA) is 59.6 Å². The van der Waals surface area contributed by atoms with E-state index in [1.165, 1.54) is 5.56 Å². The van der Waals surface area contributed by atoms with Crippen LogP contribution in [-0.2, 0) is 17.9 Å². The molecule has 0 unspecified atom stereocenters. The van der Waals surface area contributed by atoms with E-state index in [1.807, 2.05) is 69.3 Å². The maximum absolute atomic E-state index is 11.9. The van der Waals surface area contributed by atoms with Gasteiger partial charge in [0.1, 0.15) is 11.5 Å². The number of hydrogen-bond acceptors (Lipinski definition) is 4.